The molecule has 0 N–H and O–H groups in total. The maximum atomic E-state index is 2.44. The second-order valence-electron chi connectivity index (χ2n) is 5.51. The van der Waals surface area contributed by atoms with Gasteiger partial charge in [-0.1, -0.05) is 97.8 Å². The van der Waals surface area contributed by atoms with E-state index in [4.69, 9.17) is 0 Å². The molecule has 0 aliphatic carbocycles. The Morgan fingerprint density at radius 3 is 1.31 bits per heavy atom. The smallest absolute Gasteiger partial charge is 0.0443 e. The first-order chi connectivity index (χ1) is 7.81. The van der Waals surface area contributed by atoms with Gasteiger partial charge >= 0.3 is 0 Å². The first-order valence-corrected chi connectivity index (χ1v) is 7.81. The maximum Gasteiger partial charge on any atom is -0.0443 e. The summed E-state index contributed by atoms with van der Waals surface area (Å²) in [6.45, 7) is 7.03. The van der Waals surface area contributed by atoms with E-state index in [1.54, 1.807) is 0 Å². The minimum atomic E-state index is 0.975. The lowest BCUT2D eigenvalue weighted by Gasteiger charge is -2.10. The van der Waals surface area contributed by atoms with Crippen LogP contribution in [-0.2, 0) is 0 Å². The number of hydrogen-bond acceptors (Lipinski definition) is 0. The Kier molecular flexibility index (Phi) is 13.1. The van der Waals surface area contributed by atoms with Crippen molar-refractivity contribution in [3.63, 3.8) is 0 Å². The van der Waals surface area contributed by atoms with Crippen molar-refractivity contribution in [2.24, 2.45) is 5.92 Å². The molecular formula is C16H34. The van der Waals surface area contributed by atoms with E-state index in [1.807, 2.05) is 0 Å². The third kappa shape index (κ3) is 12.1. The van der Waals surface area contributed by atoms with Crippen molar-refractivity contribution in [3.8, 4) is 0 Å². The molecule has 0 aliphatic heterocycles. The van der Waals surface area contributed by atoms with E-state index in [0.717, 1.165) is 5.92 Å². The van der Waals surface area contributed by atoms with Gasteiger partial charge in [0.2, 0.25) is 0 Å². The highest BCUT2D eigenvalue weighted by atomic mass is 14.1. The molecule has 0 saturated carbocycles. The summed E-state index contributed by atoms with van der Waals surface area (Å²) in [4.78, 5) is 0. The van der Waals surface area contributed by atoms with Gasteiger partial charge in [0, 0.05) is 0 Å². The van der Waals surface area contributed by atoms with Gasteiger partial charge in [-0.2, -0.15) is 0 Å². The summed E-state index contributed by atoms with van der Waals surface area (Å²) in [6, 6.07) is 0. The monoisotopic (exact) mass is 226 g/mol. The van der Waals surface area contributed by atoms with Crippen LogP contribution < -0.4 is 0 Å². The van der Waals surface area contributed by atoms with Crippen molar-refractivity contribution in [1.29, 1.82) is 0 Å². The summed E-state index contributed by atoms with van der Waals surface area (Å²) in [5.74, 6) is 0.975. The Balaban J connectivity index is 3.09. The van der Waals surface area contributed by atoms with E-state index >= 15 is 0 Å². The van der Waals surface area contributed by atoms with Gasteiger partial charge in [-0.3, -0.25) is 0 Å². The van der Waals surface area contributed by atoms with Crippen LogP contribution in [0.2, 0.25) is 0 Å². The highest BCUT2D eigenvalue weighted by molar-refractivity contribution is 4.55. The molecule has 98 valence electrons. The zero-order valence-corrected chi connectivity index (χ0v) is 12.1. The largest absolute Gasteiger partial charge is 0.0654 e. The Morgan fingerprint density at radius 2 is 0.938 bits per heavy atom. The van der Waals surface area contributed by atoms with Crippen molar-refractivity contribution in [2.75, 3.05) is 0 Å². The van der Waals surface area contributed by atoms with Gasteiger partial charge in [-0.25, -0.2) is 0 Å². The van der Waals surface area contributed by atoms with Gasteiger partial charge in [0.05, 0.1) is 0 Å². The Morgan fingerprint density at radius 1 is 0.562 bits per heavy atom. The maximum absolute atomic E-state index is 2.44. The summed E-state index contributed by atoms with van der Waals surface area (Å²) in [7, 11) is 0. The molecule has 0 bridgehead atoms. The molecule has 0 aromatic rings. The van der Waals surface area contributed by atoms with Crippen LogP contribution in [0, 0.1) is 5.92 Å². The van der Waals surface area contributed by atoms with Crippen LogP contribution in [0.3, 0.4) is 0 Å². The van der Waals surface area contributed by atoms with E-state index < -0.39 is 0 Å². The summed E-state index contributed by atoms with van der Waals surface area (Å²) < 4.78 is 0. The SMILES string of the molecule is CCCCCCCC(C)CCCCCCC. The lowest BCUT2D eigenvalue weighted by Crippen LogP contribution is -1.95. The van der Waals surface area contributed by atoms with Crippen LogP contribution in [-0.4, -0.2) is 0 Å². The molecule has 0 radical (unpaired) electrons. The third-order valence-corrected chi connectivity index (χ3v) is 3.60. The van der Waals surface area contributed by atoms with Crippen molar-refractivity contribution < 1.29 is 0 Å². The van der Waals surface area contributed by atoms with Crippen LogP contribution in [0.15, 0.2) is 0 Å². The first-order valence-electron chi connectivity index (χ1n) is 7.81. The lowest BCUT2D eigenvalue weighted by molar-refractivity contribution is 0.433. The standard InChI is InChI=1S/C16H34/c1-4-6-8-10-12-14-16(3)15-13-11-9-7-5-2/h16H,4-15H2,1-3H3. The molecule has 0 nitrogen and oxygen atoms in total. The van der Waals surface area contributed by atoms with Crippen LogP contribution in [0.1, 0.15) is 97.8 Å². The molecule has 0 heteroatoms. The van der Waals surface area contributed by atoms with E-state index in [2.05, 4.69) is 20.8 Å². The van der Waals surface area contributed by atoms with Gasteiger partial charge in [0.15, 0.2) is 0 Å². The Labute approximate surface area is 104 Å². The molecule has 16 heavy (non-hydrogen) atoms. The molecule has 0 amide bonds. The molecule has 0 aromatic heterocycles. The van der Waals surface area contributed by atoms with Crippen LogP contribution >= 0.6 is 0 Å². The van der Waals surface area contributed by atoms with Gasteiger partial charge in [0.1, 0.15) is 0 Å². The molecule has 0 unspecified atom stereocenters. The minimum Gasteiger partial charge on any atom is -0.0654 e. The highest BCUT2D eigenvalue weighted by Gasteiger charge is 2.01. The van der Waals surface area contributed by atoms with E-state index in [1.165, 1.54) is 77.0 Å². The molecule has 0 rings (SSSR count). The fourth-order valence-electron chi connectivity index (χ4n) is 2.34. The second kappa shape index (κ2) is 13.1. The first kappa shape index (κ1) is 16.0. The van der Waals surface area contributed by atoms with E-state index in [9.17, 15) is 0 Å². The quantitative estimate of drug-likeness (QED) is 0.340. The van der Waals surface area contributed by atoms with Gasteiger partial charge in [-0.05, 0) is 5.92 Å². The second-order valence-corrected chi connectivity index (χ2v) is 5.51. The van der Waals surface area contributed by atoms with Crippen LogP contribution in [0.5, 0.6) is 0 Å². The summed E-state index contributed by atoms with van der Waals surface area (Å²) >= 11 is 0. The van der Waals surface area contributed by atoms with E-state index in [0.29, 0.717) is 0 Å². The molecular weight excluding hydrogens is 192 g/mol. The molecule has 0 spiro atoms. The number of rotatable bonds is 12. The molecule has 0 saturated heterocycles. The predicted octanol–water partition coefficient (Wildman–Crippen LogP) is 6.34. The fourth-order valence-corrected chi connectivity index (χ4v) is 2.34. The highest BCUT2D eigenvalue weighted by Crippen LogP contribution is 2.17. The van der Waals surface area contributed by atoms with Crippen molar-refractivity contribution in [3.05, 3.63) is 0 Å². The van der Waals surface area contributed by atoms with Crippen molar-refractivity contribution in [2.45, 2.75) is 97.8 Å². The molecule has 0 fully saturated rings. The summed E-state index contributed by atoms with van der Waals surface area (Å²) in [5.41, 5.74) is 0. The summed E-state index contributed by atoms with van der Waals surface area (Å²) in [6.07, 6.45) is 17.3. The predicted molar refractivity (Wildman–Crippen MR) is 75.9 cm³/mol. The zero-order chi connectivity index (χ0) is 12.1. The van der Waals surface area contributed by atoms with E-state index in [-0.39, 0.29) is 0 Å². The third-order valence-electron chi connectivity index (χ3n) is 3.60. The molecule has 0 heterocycles. The Hall–Kier alpha value is 0. The van der Waals surface area contributed by atoms with Gasteiger partial charge in [-0.15, -0.1) is 0 Å². The average molecular weight is 226 g/mol. The van der Waals surface area contributed by atoms with Crippen LogP contribution in [0.4, 0.5) is 0 Å². The average Bonchev–Trinajstić information content (AvgIpc) is 2.28. The van der Waals surface area contributed by atoms with Gasteiger partial charge < -0.3 is 0 Å². The normalized spacial score (nSPS) is 11.2. The number of hydrogen-bond donors (Lipinski definition) is 0. The molecule has 0 atom stereocenters. The van der Waals surface area contributed by atoms with Crippen molar-refractivity contribution in [1.82, 2.24) is 0 Å². The molecule has 0 aliphatic rings. The van der Waals surface area contributed by atoms with Crippen molar-refractivity contribution >= 4 is 0 Å². The van der Waals surface area contributed by atoms with Crippen LogP contribution in [0.25, 0.3) is 0 Å². The zero-order valence-electron chi connectivity index (χ0n) is 12.1. The lowest BCUT2D eigenvalue weighted by atomic mass is 9.96. The summed E-state index contributed by atoms with van der Waals surface area (Å²) in [5, 5.41) is 0. The Bertz CT molecular complexity index is 103. The number of unbranched alkanes of at least 4 members (excludes halogenated alkanes) is 8. The molecule has 0 aromatic carbocycles. The minimum absolute atomic E-state index is 0.975. The topological polar surface area (TPSA) is 0 Å². The van der Waals surface area contributed by atoms with Gasteiger partial charge in [0.25, 0.3) is 0 Å². The fraction of sp³-hybridized carbons (Fsp3) is 1.00.